The Bertz CT molecular complexity index is 86.2. The maximum atomic E-state index is 2.39. The maximum absolute atomic E-state index is 2.39. The monoisotopic (exact) mass is 268 g/mol. The Hall–Kier alpha value is 0.830. The van der Waals surface area contributed by atoms with Crippen LogP contribution in [0.1, 0.15) is 52.4 Å². The Kier molecular flexibility index (Phi) is 16.1. The van der Waals surface area contributed by atoms with Crippen LogP contribution in [-0.4, -0.2) is 17.8 Å². The predicted octanol–water partition coefficient (Wildman–Crippen LogP) is 0.619. The molecule has 0 aliphatic carbocycles. The largest absolute Gasteiger partial charge is 1.00 e. The van der Waals surface area contributed by atoms with Crippen LogP contribution in [0.2, 0.25) is 0 Å². The summed E-state index contributed by atoms with van der Waals surface area (Å²) >= 11 is 0. The summed E-state index contributed by atoms with van der Waals surface area (Å²) in [6.45, 7) is 4.58. The van der Waals surface area contributed by atoms with Crippen LogP contribution in [0, 0.1) is 0 Å². The van der Waals surface area contributed by atoms with Gasteiger partial charge in [-0.1, -0.05) is 32.6 Å². The fourth-order valence-corrected chi connectivity index (χ4v) is 2.26. The number of hydrogen-bond donors (Lipinski definition) is 0. The molecule has 0 saturated heterocycles. The van der Waals surface area contributed by atoms with E-state index in [9.17, 15) is 0 Å². The average molecular weight is 269 g/mol. The van der Waals surface area contributed by atoms with Crippen LogP contribution in [0.25, 0.3) is 0 Å². The Morgan fingerprint density at radius 2 is 1.38 bits per heavy atom. The third kappa shape index (κ3) is 12.8. The second-order valence-corrected chi connectivity index (χ2v) is 6.09. The van der Waals surface area contributed by atoms with E-state index in [0.29, 0.717) is 10.9 Å². The van der Waals surface area contributed by atoms with Crippen molar-refractivity contribution in [3.8, 4) is 0 Å². The van der Waals surface area contributed by atoms with Crippen molar-refractivity contribution in [1.29, 1.82) is 0 Å². The highest BCUT2D eigenvalue weighted by molar-refractivity contribution is 7.96. The first kappa shape index (κ1) is 16.3. The van der Waals surface area contributed by atoms with Crippen molar-refractivity contribution in [2.24, 2.45) is 0 Å². The summed E-state index contributed by atoms with van der Waals surface area (Å²) in [5, 5.41) is 0. The van der Waals surface area contributed by atoms with Gasteiger partial charge >= 0.3 is 0 Å². The minimum atomic E-state index is 0. The predicted molar refractivity (Wildman–Crippen MR) is 62.1 cm³/mol. The lowest BCUT2D eigenvalue weighted by Crippen LogP contribution is -3.00. The minimum Gasteiger partial charge on any atom is -1.00 e. The molecular formula is C11H25BrS. The van der Waals surface area contributed by atoms with Gasteiger partial charge in [-0.25, -0.2) is 0 Å². The van der Waals surface area contributed by atoms with Crippen LogP contribution in [-0.2, 0) is 10.9 Å². The molecule has 82 valence electrons. The van der Waals surface area contributed by atoms with Crippen molar-refractivity contribution < 1.29 is 17.0 Å². The Balaban J connectivity index is 0. The van der Waals surface area contributed by atoms with Crippen LogP contribution in [0.5, 0.6) is 0 Å². The SMILES string of the molecule is CCCCCCCC[S+](C)CC.[Br-]. The Morgan fingerprint density at radius 3 is 1.92 bits per heavy atom. The van der Waals surface area contributed by atoms with E-state index in [4.69, 9.17) is 0 Å². The van der Waals surface area contributed by atoms with Gasteiger partial charge in [-0.15, -0.1) is 0 Å². The van der Waals surface area contributed by atoms with Gasteiger partial charge in [0.2, 0.25) is 0 Å². The number of halogens is 1. The quantitative estimate of drug-likeness (QED) is 0.448. The van der Waals surface area contributed by atoms with Crippen LogP contribution in [0.15, 0.2) is 0 Å². The van der Waals surface area contributed by atoms with Crippen LogP contribution in [0.4, 0.5) is 0 Å². The van der Waals surface area contributed by atoms with Crippen molar-refractivity contribution in [3.63, 3.8) is 0 Å². The van der Waals surface area contributed by atoms with Gasteiger partial charge in [0.1, 0.15) is 11.5 Å². The molecule has 0 amide bonds. The van der Waals surface area contributed by atoms with Gasteiger partial charge in [0.05, 0.1) is 6.26 Å². The van der Waals surface area contributed by atoms with E-state index >= 15 is 0 Å². The number of hydrogen-bond acceptors (Lipinski definition) is 0. The zero-order valence-electron chi connectivity index (χ0n) is 9.44. The topological polar surface area (TPSA) is 0 Å². The third-order valence-corrected chi connectivity index (χ3v) is 4.31. The fourth-order valence-electron chi connectivity index (χ4n) is 1.27. The summed E-state index contributed by atoms with van der Waals surface area (Å²) in [5.41, 5.74) is 0. The molecule has 0 rings (SSSR count). The minimum absolute atomic E-state index is 0. The molecule has 0 spiro atoms. The molecule has 0 N–H and O–H groups in total. The van der Waals surface area contributed by atoms with E-state index in [1.54, 1.807) is 0 Å². The Labute approximate surface area is 98.0 Å². The number of rotatable bonds is 8. The van der Waals surface area contributed by atoms with E-state index < -0.39 is 0 Å². The standard InChI is InChI=1S/C11H25S.BrH/c1-4-6-7-8-9-10-11-12(3)5-2;/h4-11H2,1-3H3;1H/q+1;/p-1. The highest BCUT2D eigenvalue weighted by Gasteiger charge is 2.05. The van der Waals surface area contributed by atoms with Crippen molar-refractivity contribution in [1.82, 2.24) is 0 Å². The molecule has 0 aliphatic heterocycles. The maximum Gasteiger partial charge on any atom is 0.107 e. The molecule has 0 bridgehead atoms. The molecule has 0 fully saturated rings. The molecular weight excluding hydrogens is 244 g/mol. The lowest BCUT2D eigenvalue weighted by molar-refractivity contribution is -0.00000281. The molecule has 0 aromatic heterocycles. The lowest BCUT2D eigenvalue weighted by atomic mass is 10.1. The molecule has 0 aliphatic rings. The molecule has 2 heteroatoms. The van der Waals surface area contributed by atoms with Gasteiger partial charge in [0.15, 0.2) is 0 Å². The summed E-state index contributed by atoms with van der Waals surface area (Å²) in [5.74, 6) is 2.86. The van der Waals surface area contributed by atoms with Gasteiger partial charge in [0, 0.05) is 0 Å². The summed E-state index contributed by atoms with van der Waals surface area (Å²) in [4.78, 5) is 0. The molecule has 0 nitrogen and oxygen atoms in total. The van der Waals surface area contributed by atoms with Gasteiger partial charge in [-0.3, -0.25) is 0 Å². The molecule has 0 saturated carbocycles. The van der Waals surface area contributed by atoms with E-state index in [1.165, 1.54) is 50.0 Å². The number of unbranched alkanes of at least 4 members (excludes halogenated alkanes) is 5. The smallest absolute Gasteiger partial charge is 0.107 e. The van der Waals surface area contributed by atoms with Gasteiger partial charge < -0.3 is 17.0 Å². The molecule has 0 aromatic rings. The second kappa shape index (κ2) is 12.8. The van der Waals surface area contributed by atoms with E-state index in [2.05, 4.69) is 20.1 Å². The molecule has 1 atom stereocenters. The lowest BCUT2D eigenvalue weighted by Gasteiger charge is -2.00. The molecule has 1 unspecified atom stereocenters. The van der Waals surface area contributed by atoms with Crippen molar-refractivity contribution in [2.75, 3.05) is 17.8 Å². The summed E-state index contributed by atoms with van der Waals surface area (Å²) < 4.78 is 0. The highest BCUT2D eigenvalue weighted by atomic mass is 79.9. The zero-order chi connectivity index (χ0) is 9.23. The van der Waals surface area contributed by atoms with E-state index in [0.717, 1.165) is 0 Å². The molecule has 0 radical (unpaired) electrons. The molecule has 0 heterocycles. The van der Waals surface area contributed by atoms with Gasteiger partial charge in [0.25, 0.3) is 0 Å². The summed E-state index contributed by atoms with van der Waals surface area (Å²) in [6.07, 6.45) is 11.1. The second-order valence-electron chi connectivity index (χ2n) is 3.54. The third-order valence-electron chi connectivity index (χ3n) is 2.34. The average Bonchev–Trinajstić information content (AvgIpc) is 2.10. The first-order valence-electron chi connectivity index (χ1n) is 5.40. The first-order chi connectivity index (χ1) is 5.81. The van der Waals surface area contributed by atoms with Crippen molar-refractivity contribution in [2.45, 2.75) is 52.4 Å². The normalized spacial score (nSPS) is 12.2. The molecule has 13 heavy (non-hydrogen) atoms. The van der Waals surface area contributed by atoms with Crippen LogP contribution >= 0.6 is 0 Å². The zero-order valence-corrected chi connectivity index (χ0v) is 11.8. The Morgan fingerprint density at radius 1 is 0.846 bits per heavy atom. The summed E-state index contributed by atoms with van der Waals surface area (Å²) in [7, 11) is 0.716. The highest BCUT2D eigenvalue weighted by Crippen LogP contribution is 2.06. The van der Waals surface area contributed by atoms with Crippen molar-refractivity contribution >= 4 is 10.9 Å². The van der Waals surface area contributed by atoms with Gasteiger partial charge in [-0.05, 0) is 30.7 Å². The van der Waals surface area contributed by atoms with Crippen LogP contribution in [0.3, 0.4) is 0 Å². The van der Waals surface area contributed by atoms with E-state index in [-0.39, 0.29) is 17.0 Å². The van der Waals surface area contributed by atoms with E-state index in [1.807, 2.05) is 0 Å². The van der Waals surface area contributed by atoms with Crippen molar-refractivity contribution in [3.05, 3.63) is 0 Å². The van der Waals surface area contributed by atoms with Crippen LogP contribution < -0.4 is 17.0 Å². The van der Waals surface area contributed by atoms with Gasteiger partial charge in [-0.2, -0.15) is 0 Å². The fraction of sp³-hybridized carbons (Fsp3) is 1.00. The summed E-state index contributed by atoms with van der Waals surface area (Å²) in [6, 6.07) is 0. The first-order valence-corrected chi connectivity index (χ1v) is 7.37. The molecule has 0 aromatic carbocycles.